The molecule has 0 saturated carbocycles. The Morgan fingerprint density at radius 2 is 2.13 bits per heavy atom. The van der Waals surface area contributed by atoms with Crippen molar-refractivity contribution in [2.24, 2.45) is 5.41 Å². The maximum Gasteiger partial charge on any atom is 0.309 e. The lowest BCUT2D eigenvalue weighted by Gasteiger charge is -2.25. The third kappa shape index (κ3) is 2.82. The summed E-state index contributed by atoms with van der Waals surface area (Å²) in [5.74, 6) is -0.683. The van der Waals surface area contributed by atoms with Gasteiger partial charge in [-0.3, -0.25) is 4.79 Å². The molecule has 1 aromatic heterocycles. The Morgan fingerprint density at radius 3 is 2.47 bits per heavy atom. The minimum absolute atomic E-state index is 0.593. The van der Waals surface area contributed by atoms with Crippen LogP contribution in [0.25, 0.3) is 0 Å². The second-order valence-corrected chi connectivity index (χ2v) is 5.61. The van der Waals surface area contributed by atoms with E-state index in [2.05, 4.69) is 15.9 Å². The SMILES string of the molecule is CCC(CC)(Cc1cc(Br)cs1)C(=O)O. The van der Waals surface area contributed by atoms with E-state index in [9.17, 15) is 9.90 Å². The van der Waals surface area contributed by atoms with E-state index in [1.54, 1.807) is 11.3 Å². The van der Waals surface area contributed by atoms with Crippen LogP contribution in [0.3, 0.4) is 0 Å². The zero-order valence-corrected chi connectivity index (χ0v) is 11.3. The third-order valence-corrected chi connectivity index (χ3v) is 4.64. The number of carboxylic acids is 1. The largest absolute Gasteiger partial charge is 0.481 e. The van der Waals surface area contributed by atoms with Gasteiger partial charge in [0.05, 0.1) is 5.41 Å². The van der Waals surface area contributed by atoms with Crippen LogP contribution in [0.5, 0.6) is 0 Å². The highest BCUT2D eigenvalue weighted by molar-refractivity contribution is 9.10. The second kappa shape index (κ2) is 5.12. The molecule has 1 aromatic rings. The van der Waals surface area contributed by atoms with Crippen LogP contribution in [0.2, 0.25) is 0 Å². The quantitative estimate of drug-likeness (QED) is 0.892. The fourth-order valence-corrected chi connectivity index (χ4v) is 3.25. The summed E-state index contributed by atoms with van der Waals surface area (Å²) in [6.45, 7) is 3.89. The van der Waals surface area contributed by atoms with Gasteiger partial charge in [0.25, 0.3) is 0 Å². The Labute approximate surface area is 102 Å². The lowest BCUT2D eigenvalue weighted by atomic mass is 9.79. The predicted octanol–water partition coefficient (Wildman–Crippen LogP) is 3.94. The number of thiophene rings is 1. The van der Waals surface area contributed by atoms with Crippen molar-refractivity contribution in [1.82, 2.24) is 0 Å². The Bertz CT molecular complexity index is 342. The molecule has 0 aromatic carbocycles. The molecule has 1 heterocycles. The van der Waals surface area contributed by atoms with Gasteiger partial charge in [-0.15, -0.1) is 11.3 Å². The minimum Gasteiger partial charge on any atom is -0.481 e. The van der Waals surface area contributed by atoms with Crippen LogP contribution in [-0.4, -0.2) is 11.1 Å². The zero-order valence-electron chi connectivity index (χ0n) is 8.92. The summed E-state index contributed by atoms with van der Waals surface area (Å²) in [6.07, 6.45) is 1.98. The first-order valence-electron chi connectivity index (χ1n) is 5.00. The highest BCUT2D eigenvalue weighted by Gasteiger charge is 2.35. The average Bonchev–Trinajstić information content (AvgIpc) is 2.60. The van der Waals surface area contributed by atoms with Crippen molar-refractivity contribution in [2.45, 2.75) is 33.1 Å². The van der Waals surface area contributed by atoms with Gasteiger partial charge in [-0.1, -0.05) is 13.8 Å². The summed E-state index contributed by atoms with van der Waals surface area (Å²) >= 11 is 5.00. The Morgan fingerprint density at radius 1 is 1.53 bits per heavy atom. The van der Waals surface area contributed by atoms with Crippen LogP contribution in [0.4, 0.5) is 0 Å². The number of hydrogen-bond acceptors (Lipinski definition) is 2. The van der Waals surface area contributed by atoms with Gasteiger partial charge >= 0.3 is 5.97 Å². The molecule has 1 N–H and O–H groups in total. The second-order valence-electron chi connectivity index (χ2n) is 3.70. The van der Waals surface area contributed by atoms with Gasteiger partial charge in [0.1, 0.15) is 0 Å². The monoisotopic (exact) mass is 290 g/mol. The molecule has 0 unspecified atom stereocenters. The maximum atomic E-state index is 11.3. The van der Waals surface area contributed by atoms with E-state index in [0.29, 0.717) is 19.3 Å². The average molecular weight is 291 g/mol. The van der Waals surface area contributed by atoms with Gasteiger partial charge in [0.2, 0.25) is 0 Å². The molecule has 0 atom stereocenters. The van der Waals surface area contributed by atoms with Crippen LogP contribution < -0.4 is 0 Å². The first kappa shape index (κ1) is 12.7. The molecule has 0 radical (unpaired) electrons. The highest BCUT2D eigenvalue weighted by atomic mass is 79.9. The Balaban J connectivity index is 2.88. The molecule has 0 fully saturated rings. The minimum atomic E-state index is -0.683. The highest BCUT2D eigenvalue weighted by Crippen LogP contribution is 2.34. The topological polar surface area (TPSA) is 37.3 Å². The van der Waals surface area contributed by atoms with Gasteiger partial charge < -0.3 is 5.11 Å². The number of carbonyl (C=O) groups is 1. The van der Waals surface area contributed by atoms with E-state index >= 15 is 0 Å². The van der Waals surface area contributed by atoms with E-state index in [4.69, 9.17) is 0 Å². The maximum absolute atomic E-state index is 11.3. The number of hydrogen-bond donors (Lipinski definition) is 1. The van der Waals surface area contributed by atoms with Crippen molar-refractivity contribution in [2.75, 3.05) is 0 Å². The molecule has 84 valence electrons. The van der Waals surface area contributed by atoms with E-state index in [1.807, 2.05) is 25.3 Å². The summed E-state index contributed by atoms with van der Waals surface area (Å²) < 4.78 is 1.04. The molecular formula is C11H15BrO2S. The van der Waals surface area contributed by atoms with Gasteiger partial charge in [-0.2, -0.15) is 0 Å². The molecular weight excluding hydrogens is 276 g/mol. The molecule has 1 rings (SSSR count). The number of aliphatic carboxylic acids is 1. The van der Waals surface area contributed by atoms with Gasteiger partial charge in [0.15, 0.2) is 0 Å². The van der Waals surface area contributed by atoms with Crippen molar-refractivity contribution >= 4 is 33.2 Å². The van der Waals surface area contributed by atoms with Crippen LogP contribution in [0.15, 0.2) is 15.9 Å². The van der Waals surface area contributed by atoms with Gasteiger partial charge in [-0.25, -0.2) is 0 Å². The number of halogens is 1. The van der Waals surface area contributed by atoms with Crippen molar-refractivity contribution < 1.29 is 9.90 Å². The van der Waals surface area contributed by atoms with Crippen LogP contribution in [0, 0.1) is 5.41 Å². The zero-order chi connectivity index (χ0) is 11.5. The number of carboxylic acid groups (broad SMARTS) is 1. The van der Waals surface area contributed by atoms with Crippen LogP contribution >= 0.6 is 27.3 Å². The normalized spacial score (nSPS) is 11.7. The molecule has 0 saturated heterocycles. The molecule has 0 aliphatic carbocycles. The molecule has 0 aliphatic rings. The molecule has 0 bridgehead atoms. The Hall–Kier alpha value is -0.350. The Kier molecular flexibility index (Phi) is 4.34. The molecule has 0 spiro atoms. The first-order chi connectivity index (χ1) is 7.04. The molecule has 4 heteroatoms. The molecule has 0 aliphatic heterocycles. The van der Waals surface area contributed by atoms with E-state index in [1.165, 1.54) is 0 Å². The first-order valence-corrected chi connectivity index (χ1v) is 6.67. The lowest BCUT2D eigenvalue weighted by Crippen LogP contribution is -2.31. The summed E-state index contributed by atoms with van der Waals surface area (Å²) in [5, 5.41) is 11.3. The summed E-state index contributed by atoms with van der Waals surface area (Å²) in [7, 11) is 0. The molecule has 0 amide bonds. The predicted molar refractivity (Wildman–Crippen MR) is 66.4 cm³/mol. The van der Waals surface area contributed by atoms with Crippen molar-refractivity contribution in [1.29, 1.82) is 0 Å². The van der Waals surface area contributed by atoms with Crippen molar-refractivity contribution in [3.05, 3.63) is 20.8 Å². The van der Waals surface area contributed by atoms with E-state index < -0.39 is 11.4 Å². The van der Waals surface area contributed by atoms with Crippen molar-refractivity contribution in [3.8, 4) is 0 Å². The van der Waals surface area contributed by atoms with E-state index in [0.717, 1.165) is 9.35 Å². The summed E-state index contributed by atoms with van der Waals surface area (Å²) in [5.41, 5.74) is -0.593. The van der Waals surface area contributed by atoms with Gasteiger partial charge in [-0.05, 0) is 41.3 Å². The smallest absolute Gasteiger partial charge is 0.309 e. The fraction of sp³-hybridized carbons (Fsp3) is 0.545. The van der Waals surface area contributed by atoms with Crippen molar-refractivity contribution in [3.63, 3.8) is 0 Å². The fourth-order valence-electron chi connectivity index (χ4n) is 1.66. The van der Waals surface area contributed by atoms with E-state index in [-0.39, 0.29) is 0 Å². The third-order valence-electron chi connectivity index (χ3n) is 2.94. The standard InChI is InChI=1S/C11H15BrO2S/c1-3-11(4-2,10(13)14)6-9-5-8(12)7-15-9/h5,7H,3-4,6H2,1-2H3,(H,13,14). The number of rotatable bonds is 5. The summed E-state index contributed by atoms with van der Waals surface area (Å²) in [6, 6.07) is 2.01. The van der Waals surface area contributed by atoms with Crippen LogP contribution in [0.1, 0.15) is 31.6 Å². The summed E-state index contributed by atoms with van der Waals surface area (Å²) in [4.78, 5) is 12.4. The molecule has 15 heavy (non-hydrogen) atoms. The lowest BCUT2D eigenvalue weighted by molar-refractivity contribution is -0.149. The van der Waals surface area contributed by atoms with Crippen LogP contribution in [-0.2, 0) is 11.2 Å². The van der Waals surface area contributed by atoms with Gasteiger partial charge in [0, 0.05) is 14.7 Å². The molecule has 2 nitrogen and oxygen atoms in total.